The summed E-state index contributed by atoms with van der Waals surface area (Å²) in [6.45, 7) is 6.56. The third kappa shape index (κ3) is 5.60. The fraction of sp³-hybridized carbons (Fsp3) is 0.600. The van der Waals surface area contributed by atoms with Crippen molar-refractivity contribution in [3.05, 3.63) is 35.4 Å². The molecule has 0 aromatic heterocycles. The van der Waals surface area contributed by atoms with Crippen molar-refractivity contribution in [2.45, 2.75) is 51.4 Å². The molecule has 1 nitrogen and oxygen atoms in total. The highest BCUT2D eigenvalue weighted by Gasteiger charge is 2.08. The fourth-order valence-electron chi connectivity index (χ4n) is 1.64. The summed E-state index contributed by atoms with van der Waals surface area (Å²) >= 11 is 1.86. The number of hydrogen-bond donors (Lipinski definition) is 1. The van der Waals surface area contributed by atoms with Gasteiger partial charge in [-0.3, -0.25) is 0 Å². The van der Waals surface area contributed by atoms with Crippen LogP contribution in [0.25, 0.3) is 0 Å². The second kappa shape index (κ2) is 7.78. The van der Waals surface area contributed by atoms with Crippen LogP contribution >= 0.6 is 11.8 Å². The van der Waals surface area contributed by atoms with E-state index in [9.17, 15) is 5.11 Å². The van der Waals surface area contributed by atoms with E-state index in [0.717, 1.165) is 18.6 Å². The molecule has 17 heavy (non-hydrogen) atoms. The topological polar surface area (TPSA) is 20.2 Å². The van der Waals surface area contributed by atoms with Crippen LogP contribution in [0.5, 0.6) is 0 Å². The maximum atomic E-state index is 9.95. The van der Waals surface area contributed by atoms with Crippen molar-refractivity contribution in [1.29, 1.82) is 0 Å². The molecule has 0 saturated heterocycles. The van der Waals surface area contributed by atoms with Crippen LogP contribution < -0.4 is 0 Å². The van der Waals surface area contributed by atoms with Gasteiger partial charge in [-0.15, -0.1) is 0 Å². The van der Waals surface area contributed by atoms with Gasteiger partial charge in [-0.2, -0.15) is 11.8 Å². The first-order valence-corrected chi connectivity index (χ1v) is 7.58. The summed E-state index contributed by atoms with van der Waals surface area (Å²) in [5.41, 5.74) is 2.59. The van der Waals surface area contributed by atoms with E-state index >= 15 is 0 Å². The molecule has 0 aliphatic rings. The van der Waals surface area contributed by atoms with Gasteiger partial charge in [0.05, 0.1) is 6.10 Å². The van der Waals surface area contributed by atoms with Gasteiger partial charge in [0.15, 0.2) is 0 Å². The second-order valence-electron chi connectivity index (χ2n) is 4.58. The summed E-state index contributed by atoms with van der Waals surface area (Å²) in [6.07, 6.45) is 2.80. The van der Waals surface area contributed by atoms with Crippen molar-refractivity contribution in [2.24, 2.45) is 0 Å². The SMILES string of the molecule is CCc1ccc(CC(O)CSC(C)CC)cc1. The lowest BCUT2D eigenvalue weighted by Crippen LogP contribution is -2.15. The van der Waals surface area contributed by atoms with Crippen LogP contribution in [-0.4, -0.2) is 22.2 Å². The van der Waals surface area contributed by atoms with Gasteiger partial charge < -0.3 is 5.11 Å². The highest BCUT2D eigenvalue weighted by Crippen LogP contribution is 2.16. The van der Waals surface area contributed by atoms with Crippen LogP contribution in [0.2, 0.25) is 0 Å². The zero-order valence-electron chi connectivity index (χ0n) is 11.1. The summed E-state index contributed by atoms with van der Waals surface area (Å²) in [6, 6.07) is 8.58. The molecule has 0 amide bonds. The fourth-order valence-corrected chi connectivity index (χ4v) is 2.54. The van der Waals surface area contributed by atoms with Crippen molar-refractivity contribution < 1.29 is 5.11 Å². The van der Waals surface area contributed by atoms with Gasteiger partial charge in [0.25, 0.3) is 0 Å². The summed E-state index contributed by atoms with van der Waals surface area (Å²) in [4.78, 5) is 0. The van der Waals surface area contributed by atoms with Gasteiger partial charge in [-0.05, 0) is 30.4 Å². The Labute approximate surface area is 110 Å². The predicted molar refractivity (Wildman–Crippen MR) is 77.7 cm³/mol. The molecule has 0 spiro atoms. The minimum Gasteiger partial charge on any atom is -0.392 e. The maximum Gasteiger partial charge on any atom is 0.0670 e. The normalized spacial score (nSPS) is 14.6. The van der Waals surface area contributed by atoms with Crippen LogP contribution in [0.15, 0.2) is 24.3 Å². The Morgan fingerprint density at radius 3 is 2.24 bits per heavy atom. The smallest absolute Gasteiger partial charge is 0.0670 e. The quantitative estimate of drug-likeness (QED) is 0.799. The van der Waals surface area contributed by atoms with E-state index in [0.29, 0.717) is 5.25 Å². The summed E-state index contributed by atoms with van der Waals surface area (Å²) < 4.78 is 0. The number of aliphatic hydroxyl groups excluding tert-OH is 1. The van der Waals surface area contributed by atoms with E-state index in [1.807, 2.05) is 11.8 Å². The minimum atomic E-state index is -0.221. The van der Waals surface area contributed by atoms with E-state index in [2.05, 4.69) is 45.0 Å². The van der Waals surface area contributed by atoms with Gasteiger partial charge in [-0.1, -0.05) is 45.0 Å². The van der Waals surface area contributed by atoms with Gasteiger partial charge in [0.1, 0.15) is 0 Å². The summed E-state index contributed by atoms with van der Waals surface area (Å²) in [7, 11) is 0. The molecular formula is C15H24OS. The van der Waals surface area contributed by atoms with Crippen LogP contribution in [0.1, 0.15) is 38.3 Å². The first-order valence-electron chi connectivity index (χ1n) is 6.53. The summed E-state index contributed by atoms with van der Waals surface area (Å²) in [5, 5.41) is 10.6. The molecule has 0 fully saturated rings. The molecule has 0 heterocycles. The highest BCUT2D eigenvalue weighted by atomic mass is 32.2. The molecule has 0 bridgehead atoms. The van der Waals surface area contributed by atoms with Gasteiger partial charge in [0, 0.05) is 11.0 Å². The number of thioether (sulfide) groups is 1. The molecule has 2 unspecified atom stereocenters. The van der Waals surface area contributed by atoms with E-state index in [-0.39, 0.29) is 6.10 Å². The largest absolute Gasteiger partial charge is 0.392 e. The lowest BCUT2D eigenvalue weighted by molar-refractivity contribution is 0.200. The Hall–Kier alpha value is -0.470. The molecule has 2 atom stereocenters. The molecule has 96 valence electrons. The lowest BCUT2D eigenvalue weighted by Gasteiger charge is -2.13. The van der Waals surface area contributed by atoms with Crippen LogP contribution in [-0.2, 0) is 12.8 Å². The van der Waals surface area contributed by atoms with Crippen molar-refractivity contribution in [3.8, 4) is 0 Å². The third-order valence-corrected chi connectivity index (χ3v) is 4.53. The first-order chi connectivity index (χ1) is 8.15. The van der Waals surface area contributed by atoms with E-state index < -0.39 is 0 Å². The number of aryl methyl sites for hydroxylation is 1. The zero-order chi connectivity index (χ0) is 12.7. The second-order valence-corrected chi connectivity index (χ2v) is 6.05. The number of aliphatic hydroxyl groups is 1. The van der Waals surface area contributed by atoms with Crippen LogP contribution in [0, 0.1) is 0 Å². The first kappa shape index (κ1) is 14.6. The summed E-state index contributed by atoms with van der Waals surface area (Å²) in [5.74, 6) is 0.838. The van der Waals surface area contributed by atoms with Crippen LogP contribution in [0.3, 0.4) is 0 Å². The van der Waals surface area contributed by atoms with E-state index in [4.69, 9.17) is 0 Å². The molecule has 0 aliphatic carbocycles. The van der Waals surface area contributed by atoms with Crippen LogP contribution in [0.4, 0.5) is 0 Å². The number of hydrogen-bond acceptors (Lipinski definition) is 2. The van der Waals surface area contributed by atoms with Crippen molar-refractivity contribution in [3.63, 3.8) is 0 Å². The molecule has 1 aromatic carbocycles. The molecule has 0 radical (unpaired) electrons. The molecular weight excluding hydrogens is 228 g/mol. The van der Waals surface area contributed by atoms with E-state index in [1.165, 1.54) is 17.5 Å². The average molecular weight is 252 g/mol. The molecule has 1 rings (SSSR count). The minimum absolute atomic E-state index is 0.221. The molecule has 1 aromatic rings. The monoisotopic (exact) mass is 252 g/mol. The van der Waals surface area contributed by atoms with Crippen molar-refractivity contribution in [1.82, 2.24) is 0 Å². The highest BCUT2D eigenvalue weighted by molar-refractivity contribution is 7.99. The Bertz CT molecular complexity index is 307. The maximum absolute atomic E-state index is 9.95. The molecule has 2 heteroatoms. The molecule has 0 aliphatic heterocycles. The molecule has 1 N–H and O–H groups in total. The Kier molecular flexibility index (Phi) is 6.68. The van der Waals surface area contributed by atoms with Gasteiger partial charge in [-0.25, -0.2) is 0 Å². The third-order valence-electron chi connectivity index (χ3n) is 3.05. The standard InChI is InChI=1S/C15H24OS/c1-4-12(3)17-11-15(16)10-14-8-6-13(5-2)7-9-14/h6-9,12,15-16H,4-5,10-11H2,1-3H3. The predicted octanol–water partition coefficient (Wildman–Crippen LogP) is 3.68. The Morgan fingerprint density at radius 2 is 1.71 bits per heavy atom. The number of benzene rings is 1. The van der Waals surface area contributed by atoms with E-state index in [1.54, 1.807) is 0 Å². The van der Waals surface area contributed by atoms with Crippen molar-refractivity contribution >= 4 is 11.8 Å². The zero-order valence-corrected chi connectivity index (χ0v) is 12.0. The Morgan fingerprint density at radius 1 is 1.12 bits per heavy atom. The lowest BCUT2D eigenvalue weighted by atomic mass is 10.1. The van der Waals surface area contributed by atoms with Gasteiger partial charge in [0.2, 0.25) is 0 Å². The number of rotatable bonds is 7. The van der Waals surface area contributed by atoms with Crippen molar-refractivity contribution in [2.75, 3.05) is 5.75 Å². The molecule has 0 saturated carbocycles. The van der Waals surface area contributed by atoms with Gasteiger partial charge >= 0.3 is 0 Å². The Balaban J connectivity index is 2.36. The average Bonchev–Trinajstić information content (AvgIpc) is 2.36.